The van der Waals surface area contributed by atoms with E-state index in [9.17, 15) is 4.79 Å². The van der Waals surface area contributed by atoms with Crippen LogP contribution in [0.15, 0.2) is 78.2 Å². The van der Waals surface area contributed by atoms with Crippen LogP contribution >= 0.6 is 11.3 Å². The van der Waals surface area contributed by atoms with Crippen molar-refractivity contribution < 1.29 is 14.3 Å². The van der Waals surface area contributed by atoms with Gasteiger partial charge in [0.15, 0.2) is 6.10 Å². The minimum absolute atomic E-state index is 0.0689. The van der Waals surface area contributed by atoms with Gasteiger partial charge in [0, 0.05) is 17.4 Å². The van der Waals surface area contributed by atoms with Crippen molar-refractivity contribution in [2.24, 2.45) is 0 Å². The highest BCUT2D eigenvalue weighted by Crippen LogP contribution is 2.38. The number of carbonyl (C=O) groups excluding carboxylic acids is 1. The number of carbonyl (C=O) groups is 1. The van der Waals surface area contributed by atoms with Gasteiger partial charge in [0.2, 0.25) is 0 Å². The zero-order valence-corrected chi connectivity index (χ0v) is 20.0. The van der Waals surface area contributed by atoms with E-state index < -0.39 is 6.10 Å². The molecule has 0 spiro atoms. The average Bonchev–Trinajstić information content (AvgIpc) is 3.30. The number of fused-ring (bicyclic) bond motifs is 1. The summed E-state index contributed by atoms with van der Waals surface area (Å²) in [5.41, 5.74) is 5.00. The Morgan fingerprint density at radius 1 is 1.06 bits per heavy atom. The van der Waals surface area contributed by atoms with Crippen LogP contribution in [-0.2, 0) is 11.2 Å². The highest BCUT2D eigenvalue weighted by molar-refractivity contribution is 7.10. The van der Waals surface area contributed by atoms with Gasteiger partial charge in [0.25, 0.3) is 5.91 Å². The first-order valence-corrected chi connectivity index (χ1v) is 12.2. The van der Waals surface area contributed by atoms with Crippen molar-refractivity contribution in [3.05, 3.63) is 94.3 Å². The molecule has 1 aliphatic heterocycles. The van der Waals surface area contributed by atoms with E-state index in [0.717, 1.165) is 39.7 Å². The molecule has 6 heteroatoms. The Kier molecular flexibility index (Phi) is 6.32. The molecule has 1 aromatic heterocycles. The van der Waals surface area contributed by atoms with E-state index in [1.807, 2.05) is 67.6 Å². The summed E-state index contributed by atoms with van der Waals surface area (Å²) >= 11 is 1.65. The Balaban J connectivity index is 1.35. The van der Waals surface area contributed by atoms with Crippen molar-refractivity contribution in [1.29, 1.82) is 0 Å². The maximum absolute atomic E-state index is 13.0. The van der Waals surface area contributed by atoms with Crippen LogP contribution in [0.3, 0.4) is 0 Å². The number of anilines is 1. The van der Waals surface area contributed by atoms with Gasteiger partial charge in [-0.25, -0.2) is 4.98 Å². The van der Waals surface area contributed by atoms with Crippen molar-refractivity contribution in [2.75, 3.05) is 18.1 Å². The van der Waals surface area contributed by atoms with Crippen molar-refractivity contribution in [1.82, 2.24) is 4.98 Å². The molecule has 0 fully saturated rings. The molecule has 0 N–H and O–H groups in total. The predicted molar refractivity (Wildman–Crippen MR) is 136 cm³/mol. The molecule has 1 aliphatic rings. The van der Waals surface area contributed by atoms with Gasteiger partial charge < -0.3 is 14.4 Å². The molecule has 3 aromatic carbocycles. The summed E-state index contributed by atoms with van der Waals surface area (Å²) in [4.78, 5) is 19.6. The monoisotopic (exact) mass is 470 g/mol. The molecule has 0 bridgehead atoms. The van der Waals surface area contributed by atoms with Crippen LogP contribution in [0.25, 0.3) is 11.3 Å². The molecule has 1 unspecified atom stereocenters. The summed E-state index contributed by atoms with van der Waals surface area (Å²) in [7, 11) is 0. The Hall–Kier alpha value is -3.64. The van der Waals surface area contributed by atoms with Crippen LogP contribution in [0.5, 0.6) is 11.5 Å². The van der Waals surface area contributed by atoms with Crippen molar-refractivity contribution in [2.45, 2.75) is 26.4 Å². The maximum Gasteiger partial charge on any atom is 0.267 e. The molecule has 0 aliphatic carbocycles. The van der Waals surface area contributed by atoms with E-state index >= 15 is 0 Å². The summed E-state index contributed by atoms with van der Waals surface area (Å²) in [6.07, 6.45) is 0.270. The molecule has 172 valence electrons. The van der Waals surface area contributed by atoms with Crippen LogP contribution < -0.4 is 14.4 Å². The van der Waals surface area contributed by atoms with Gasteiger partial charge in [-0.2, -0.15) is 0 Å². The fourth-order valence-electron chi connectivity index (χ4n) is 4.05. The summed E-state index contributed by atoms with van der Waals surface area (Å²) in [6, 6.07) is 24.2. The molecule has 5 rings (SSSR count). The summed E-state index contributed by atoms with van der Waals surface area (Å²) in [5, 5.41) is 3.13. The van der Waals surface area contributed by atoms with Gasteiger partial charge >= 0.3 is 0 Å². The fraction of sp³-hybridized carbons (Fsp3) is 0.214. The molecular formula is C28H26N2O3S. The third-order valence-electron chi connectivity index (χ3n) is 5.79. The lowest BCUT2D eigenvalue weighted by Crippen LogP contribution is -2.46. The van der Waals surface area contributed by atoms with Gasteiger partial charge in [-0.3, -0.25) is 4.79 Å². The highest BCUT2D eigenvalue weighted by atomic mass is 32.1. The van der Waals surface area contributed by atoms with E-state index in [1.165, 1.54) is 5.56 Å². The number of nitrogens with zero attached hydrogens (tertiary/aromatic N) is 2. The van der Waals surface area contributed by atoms with Crippen LogP contribution in [0.2, 0.25) is 0 Å². The summed E-state index contributed by atoms with van der Waals surface area (Å²) in [5.74, 6) is 1.43. The lowest BCUT2D eigenvalue weighted by molar-refractivity contribution is -0.125. The van der Waals surface area contributed by atoms with Crippen molar-refractivity contribution in [3.63, 3.8) is 0 Å². The zero-order valence-electron chi connectivity index (χ0n) is 19.2. The third kappa shape index (κ3) is 4.82. The zero-order chi connectivity index (χ0) is 23.5. The van der Waals surface area contributed by atoms with Crippen molar-refractivity contribution in [3.8, 4) is 22.8 Å². The predicted octanol–water partition coefficient (Wildman–Crippen LogP) is 5.90. The number of amides is 1. The Morgan fingerprint density at radius 2 is 1.91 bits per heavy atom. The van der Waals surface area contributed by atoms with E-state index in [4.69, 9.17) is 14.5 Å². The summed E-state index contributed by atoms with van der Waals surface area (Å²) in [6.45, 7) is 4.64. The number of hydrogen-bond acceptors (Lipinski definition) is 5. The van der Waals surface area contributed by atoms with E-state index in [2.05, 4.69) is 17.5 Å². The highest BCUT2D eigenvalue weighted by Gasteiger charge is 2.31. The summed E-state index contributed by atoms with van der Waals surface area (Å²) < 4.78 is 11.8. The fourth-order valence-corrected chi connectivity index (χ4v) is 4.89. The van der Waals surface area contributed by atoms with Gasteiger partial charge in [-0.1, -0.05) is 42.5 Å². The molecule has 0 saturated heterocycles. The van der Waals surface area contributed by atoms with E-state index in [0.29, 0.717) is 18.9 Å². The number of thiazole rings is 1. The van der Waals surface area contributed by atoms with Crippen LogP contribution in [0.4, 0.5) is 5.69 Å². The Bertz CT molecular complexity index is 1300. The Labute approximate surface area is 203 Å². The molecule has 4 aromatic rings. The second kappa shape index (κ2) is 9.69. The third-order valence-corrected chi connectivity index (χ3v) is 6.63. The second-order valence-corrected chi connectivity index (χ2v) is 9.33. The SMILES string of the molecule is Cc1cccc(OCCN2C(=O)C(C)Oc3ccc(-c4csc(Cc5ccccc5)n4)cc32)c1. The first-order valence-electron chi connectivity index (χ1n) is 11.4. The van der Waals surface area contributed by atoms with E-state index in [-0.39, 0.29) is 5.91 Å². The molecule has 0 radical (unpaired) electrons. The molecular weight excluding hydrogens is 444 g/mol. The average molecular weight is 471 g/mol. The number of benzene rings is 3. The number of aromatic nitrogens is 1. The lowest BCUT2D eigenvalue weighted by atomic mass is 10.1. The van der Waals surface area contributed by atoms with Crippen molar-refractivity contribution >= 4 is 22.9 Å². The van der Waals surface area contributed by atoms with Gasteiger partial charge in [0.1, 0.15) is 18.1 Å². The number of ether oxygens (including phenoxy) is 2. The molecule has 0 saturated carbocycles. The van der Waals surface area contributed by atoms with Crippen LogP contribution in [0, 0.1) is 6.92 Å². The topological polar surface area (TPSA) is 51.7 Å². The second-order valence-electron chi connectivity index (χ2n) is 8.39. The molecule has 5 nitrogen and oxygen atoms in total. The first-order chi connectivity index (χ1) is 16.6. The Morgan fingerprint density at radius 3 is 2.74 bits per heavy atom. The standard InChI is InChI=1S/C28H26N2O3S/c1-19-7-6-10-23(15-19)32-14-13-30-25-17-22(11-12-26(25)33-20(2)28(30)31)24-18-34-27(29-24)16-21-8-4-3-5-9-21/h3-12,15,17-18,20H,13-14,16H2,1-2H3. The van der Waals surface area contributed by atoms with Gasteiger partial charge in [-0.05, 0) is 55.3 Å². The first kappa shape index (κ1) is 22.2. The molecule has 1 amide bonds. The van der Waals surface area contributed by atoms with Crippen LogP contribution in [0.1, 0.15) is 23.1 Å². The largest absolute Gasteiger partial charge is 0.492 e. The van der Waals surface area contributed by atoms with Crippen LogP contribution in [-0.4, -0.2) is 30.1 Å². The number of aryl methyl sites for hydroxylation is 1. The lowest BCUT2D eigenvalue weighted by Gasteiger charge is -2.33. The molecule has 2 heterocycles. The molecule has 34 heavy (non-hydrogen) atoms. The van der Waals surface area contributed by atoms with E-state index in [1.54, 1.807) is 23.2 Å². The minimum atomic E-state index is -0.533. The van der Waals surface area contributed by atoms with Gasteiger partial charge in [0.05, 0.1) is 22.9 Å². The maximum atomic E-state index is 13.0. The number of rotatable bonds is 7. The minimum Gasteiger partial charge on any atom is -0.492 e. The number of hydrogen-bond donors (Lipinski definition) is 0. The quantitative estimate of drug-likeness (QED) is 0.337. The smallest absolute Gasteiger partial charge is 0.267 e. The normalized spacial score (nSPS) is 15.1. The molecule has 1 atom stereocenters. The van der Waals surface area contributed by atoms with Gasteiger partial charge in [-0.15, -0.1) is 11.3 Å².